The van der Waals surface area contributed by atoms with Gasteiger partial charge in [-0.3, -0.25) is 4.79 Å². The van der Waals surface area contributed by atoms with Gasteiger partial charge in [-0.05, 0) is 12.8 Å². The zero-order chi connectivity index (χ0) is 10.6. The Balaban J connectivity index is 3.20. The topological polar surface area (TPSA) is 17.1 Å². The van der Waals surface area contributed by atoms with Crippen molar-refractivity contribution in [3.05, 3.63) is 0 Å². The quantitative estimate of drug-likeness (QED) is 0.478. The molecule has 0 aromatic carbocycles. The molecule has 0 aromatic heterocycles. The van der Waals surface area contributed by atoms with Gasteiger partial charge in [-0.1, -0.05) is 58.8 Å². The highest BCUT2D eigenvalue weighted by Crippen LogP contribution is 2.14. The lowest BCUT2D eigenvalue weighted by Gasteiger charge is -2.06. The van der Waals surface area contributed by atoms with E-state index >= 15 is 0 Å². The van der Waals surface area contributed by atoms with E-state index in [0.717, 1.165) is 19.3 Å². The van der Waals surface area contributed by atoms with Crippen molar-refractivity contribution in [1.82, 2.24) is 0 Å². The van der Waals surface area contributed by atoms with Crippen LogP contribution < -0.4 is 0 Å². The number of carbonyl (C=O) groups excluding carboxylic acids is 1. The SMILES string of the molecule is CCCCCCCCC([C]=O)CCC. The molecule has 0 fully saturated rings. The Morgan fingerprint density at radius 1 is 0.857 bits per heavy atom. The van der Waals surface area contributed by atoms with Gasteiger partial charge in [0, 0.05) is 5.92 Å². The first-order chi connectivity index (χ1) is 6.85. The predicted molar refractivity (Wildman–Crippen MR) is 62.1 cm³/mol. The lowest BCUT2D eigenvalue weighted by atomic mass is 9.97. The van der Waals surface area contributed by atoms with Gasteiger partial charge in [0.2, 0.25) is 6.29 Å². The molecular formula is C13H25O. The van der Waals surface area contributed by atoms with E-state index in [2.05, 4.69) is 20.1 Å². The average molecular weight is 197 g/mol. The second-order valence-corrected chi connectivity index (χ2v) is 4.16. The molecule has 0 saturated heterocycles. The molecule has 1 unspecified atom stereocenters. The van der Waals surface area contributed by atoms with E-state index in [9.17, 15) is 4.79 Å². The molecule has 14 heavy (non-hydrogen) atoms. The van der Waals surface area contributed by atoms with Crippen LogP contribution in [0.4, 0.5) is 0 Å². The molecule has 0 aromatic rings. The van der Waals surface area contributed by atoms with Crippen molar-refractivity contribution in [1.29, 1.82) is 0 Å². The van der Waals surface area contributed by atoms with Crippen molar-refractivity contribution in [2.75, 3.05) is 0 Å². The minimum Gasteiger partial charge on any atom is -0.291 e. The van der Waals surface area contributed by atoms with E-state index in [1.54, 1.807) is 0 Å². The summed E-state index contributed by atoms with van der Waals surface area (Å²) in [6, 6.07) is 0. The van der Waals surface area contributed by atoms with E-state index in [0.29, 0.717) is 0 Å². The standard InChI is InChI=1S/C13H25O/c1-3-5-6-7-8-9-11-13(12-14)10-4-2/h13H,3-11H2,1-2H3. The molecule has 0 rings (SSSR count). The Labute approximate surface area is 89.3 Å². The summed E-state index contributed by atoms with van der Waals surface area (Å²) in [4.78, 5) is 10.5. The third-order valence-electron chi connectivity index (χ3n) is 2.71. The largest absolute Gasteiger partial charge is 0.291 e. The molecule has 0 heterocycles. The third-order valence-corrected chi connectivity index (χ3v) is 2.71. The highest BCUT2D eigenvalue weighted by Gasteiger charge is 2.05. The van der Waals surface area contributed by atoms with E-state index in [1.807, 2.05) is 0 Å². The molecule has 0 aliphatic rings. The van der Waals surface area contributed by atoms with E-state index in [4.69, 9.17) is 0 Å². The van der Waals surface area contributed by atoms with Gasteiger partial charge in [0.25, 0.3) is 0 Å². The van der Waals surface area contributed by atoms with E-state index in [-0.39, 0.29) is 5.92 Å². The lowest BCUT2D eigenvalue weighted by Crippen LogP contribution is -2.00. The molecule has 0 saturated carbocycles. The van der Waals surface area contributed by atoms with Crippen LogP contribution in [-0.4, -0.2) is 6.29 Å². The summed E-state index contributed by atoms with van der Waals surface area (Å²) in [7, 11) is 0. The molecule has 0 N–H and O–H groups in total. The smallest absolute Gasteiger partial charge is 0.201 e. The van der Waals surface area contributed by atoms with Gasteiger partial charge in [-0.15, -0.1) is 0 Å². The molecular weight excluding hydrogens is 172 g/mol. The maximum Gasteiger partial charge on any atom is 0.201 e. The summed E-state index contributed by atoms with van der Waals surface area (Å²) in [6.45, 7) is 4.37. The third kappa shape index (κ3) is 8.28. The van der Waals surface area contributed by atoms with Gasteiger partial charge in [0.15, 0.2) is 0 Å². The molecule has 1 atom stereocenters. The molecule has 0 aliphatic heterocycles. The van der Waals surface area contributed by atoms with Crippen molar-refractivity contribution < 1.29 is 4.79 Å². The second-order valence-electron chi connectivity index (χ2n) is 4.16. The van der Waals surface area contributed by atoms with Gasteiger partial charge in [0.05, 0.1) is 0 Å². The summed E-state index contributed by atoms with van der Waals surface area (Å²) >= 11 is 0. The summed E-state index contributed by atoms with van der Waals surface area (Å²) in [6.07, 6.45) is 13.2. The highest BCUT2D eigenvalue weighted by molar-refractivity contribution is 5.54. The number of rotatable bonds is 10. The zero-order valence-electron chi connectivity index (χ0n) is 9.85. The normalized spacial score (nSPS) is 12.7. The number of unbranched alkanes of at least 4 members (excludes halogenated alkanes) is 5. The van der Waals surface area contributed by atoms with Gasteiger partial charge < -0.3 is 0 Å². The van der Waals surface area contributed by atoms with Crippen LogP contribution >= 0.6 is 0 Å². The first-order valence-electron chi connectivity index (χ1n) is 6.22. The second kappa shape index (κ2) is 10.7. The maximum atomic E-state index is 10.5. The molecule has 1 heteroatoms. The Bertz CT molecular complexity index is 120. The summed E-state index contributed by atoms with van der Waals surface area (Å²) in [5, 5.41) is 0. The summed E-state index contributed by atoms with van der Waals surface area (Å²) < 4.78 is 0. The van der Waals surface area contributed by atoms with Crippen LogP contribution in [0.1, 0.15) is 71.6 Å². The molecule has 1 radical (unpaired) electrons. The molecule has 0 aliphatic carbocycles. The van der Waals surface area contributed by atoms with Crippen LogP contribution in [0.15, 0.2) is 0 Å². The van der Waals surface area contributed by atoms with Gasteiger partial charge in [-0.25, -0.2) is 0 Å². The Morgan fingerprint density at radius 2 is 1.50 bits per heavy atom. The predicted octanol–water partition coefficient (Wildman–Crippen LogP) is 4.26. The van der Waals surface area contributed by atoms with Crippen LogP contribution in [0.3, 0.4) is 0 Å². The fraction of sp³-hybridized carbons (Fsp3) is 0.923. The van der Waals surface area contributed by atoms with Crippen molar-refractivity contribution in [3.63, 3.8) is 0 Å². The van der Waals surface area contributed by atoms with Crippen LogP contribution in [0.25, 0.3) is 0 Å². The summed E-state index contributed by atoms with van der Waals surface area (Å²) in [5.41, 5.74) is 0. The minimum atomic E-state index is 0.214. The summed E-state index contributed by atoms with van der Waals surface area (Å²) in [5.74, 6) is 0.214. The first-order valence-corrected chi connectivity index (χ1v) is 6.22. The number of hydrogen-bond acceptors (Lipinski definition) is 1. The van der Waals surface area contributed by atoms with Gasteiger partial charge >= 0.3 is 0 Å². The molecule has 0 amide bonds. The maximum absolute atomic E-state index is 10.5. The first kappa shape index (κ1) is 13.7. The average Bonchev–Trinajstić information content (AvgIpc) is 2.21. The van der Waals surface area contributed by atoms with Crippen LogP contribution in [0.5, 0.6) is 0 Å². The van der Waals surface area contributed by atoms with Gasteiger partial charge in [-0.2, -0.15) is 0 Å². The van der Waals surface area contributed by atoms with Crippen LogP contribution in [0.2, 0.25) is 0 Å². The monoisotopic (exact) mass is 197 g/mol. The fourth-order valence-electron chi connectivity index (χ4n) is 1.78. The van der Waals surface area contributed by atoms with Crippen LogP contribution in [0, 0.1) is 5.92 Å². The number of hydrogen-bond donors (Lipinski definition) is 0. The Kier molecular flexibility index (Phi) is 10.5. The van der Waals surface area contributed by atoms with Crippen LogP contribution in [-0.2, 0) is 4.79 Å². The van der Waals surface area contributed by atoms with Crippen molar-refractivity contribution in [2.24, 2.45) is 5.92 Å². The molecule has 1 nitrogen and oxygen atoms in total. The lowest BCUT2D eigenvalue weighted by molar-refractivity contribution is 0.466. The van der Waals surface area contributed by atoms with Crippen molar-refractivity contribution >= 4 is 6.29 Å². The van der Waals surface area contributed by atoms with Crippen molar-refractivity contribution in [2.45, 2.75) is 71.6 Å². The van der Waals surface area contributed by atoms with Gasteiger partial charge in [0.1, 0.15) is 0 Å². The Hall–Kier alpha value is -0.330. The molecule has 0 spiro atoms. The Morgan fingerprint density at radius 3 is 2.07 bits per heavy atom. The van der Waals surface area contributed by atoms with E-state index < -0.39 is 0 Å². The minimum absolute atomic E-state index is 0.214. The molecule has 83 valence electrons. The van der Waals surface area contributed by atoms with Crippen molar-refractivity contribution in [3.8, 4) is 0 Å². The molecule has 0 bridgehead atoms. The van der Waals surface area contributed by atoms with E-state index in [1.165, 1.54) is 38.5 Å². The highest BCUT2D eigenvalue weighted by atomic mass is 16.1. The fourth-order valence-corrected chi connectivity index (χ4v) is 1.78. The zero-order valence-corrected chi connectivity index (χ0v) is 9.85.